The van der Waals surface area contributed by atoms with Gasteiger partial charge in [-0.05, 0) is 30.0 Å². The molecule has 1 amide bonds. The molecule has 0 aromatic heterocycles. The van der Waals surface area contributed by atoms with E-state index in [0.29, 0.717) is 5.69 Å². The number of nitro groups is 1. The molecule has 0 heterocycles. The minimum atomic E-state index is -3.89. The molecular weight excluding hydrogens is 394 g/mol. The van der Waals surface area contributed by atoms with Gasteiger partial charge >= 0.3 is 0 Å². The second kappa shape index (κ2) is 9.04. The van der Waals surface area contributed by atoms with Crippen molar-refractivity contribution in [2.75, 3.05) is 15.9 Å². The van der Waals surface area contributed by atoms with Gasteiger partial charge in [-0.3, -0.25) is 19.2 Å². The summed E-state index contributed by atoms with van der Waals surface area (Å²) in [5.41, 5.74) is 1.35. The van der Waals surface area contributed by atoms with Crippen molar-refractivity contribution in [3.05, 3.63) is 64.2 Å². The van der Waals surface area contributed by atoms with Crippen LogP contribution in [-0.2, 0) is 14.8 Å². The normalized spacial score (nSPS) is 12.4. The van der Waals surface area contributed by atoms with E-state index >= 15 is 0 Å². The molecule has 2 aromatic carbocycles. The molecule has 0 saturated heterocycles. The van der Waals surface area contributed by atoms with Crippen molar-refractivity contribution in [3.63, 3.8) is 0 Å². The summed E-state index contributed by atoms with van der Waals surface area (Å²) < 4.78 is 26.0. The Bertz CT molecular complexity index is 1000. The van der Waals surface area contributed by atoms with E-state index in [4.69, 9.17) is 0 Å². The molecule has 1 unspecified atom stereocenters. The highest BCUT2D eigenvalue weighted by Gasteiger charge is 2.32. The number of rotatable bonds is 8. The fourth-order valence-corrected chi connectivity index (χ4v) is 4.34. The molecule has 29 heavy (non-hydrogen) atoms. The molecule has 0 aliphatic carbocycles. The quantitative estimate of drug-likeness (QED) is 0.515. The molecule has 0 aliphatic rings. The first-order valence-corrected chi connectivity index (χ1v) is 11.0. The SMILES string of the molecule is CCC(C(=O)Nc1ccccc1C(C)C)N(c1cccc([N+](=O)[O-])c1)S(C)(=O)=O. The number of carbonyl (C=O) groups is 1. The number of carbonyl (C=O) groups excluding carboxylic acids is 1. The molecule has 9 heteroatoms. The van der Waals surface area contributed by atoms with Crippen LogP contribution < -0.4 is 9.62 Å². The van der Waals surface area contributed by atoms with Crippen molar-refractivity contribution in [2.45, 2.75) is 39.2 Å². The molecule has 0 radical (unpaired) electrons. The van der Waals surface area contributed by atoms with E-state index in [0.717, 1.165) is 22.2 Å². The molecule has 2 rings (SSSR count). The molecule has 0 bridgehead atoms. The number of nitrogens with one attached hydrogen (secondary N) is 1. The first-order valence-electron chi connectivity index (χ1n) is 9.19. The summed E-state index contributed by atoms with van der Waals surface area (Å²) in [6.07, 6.45) is 1.16. The van der Waals surface area contributed by atoms with Gasteiger partial charge in [0.15, 0.2) is 0 Å². The molecule has 0 spiro atoms. The Morgan fingerprint density at radius 2 is 1.83 bits per heavy atom. The van der Waals surface area contributed by atoms with Crippen LogP contribution in [-0.4, -0.2) is 31.5 Å². The minimum absolute atomic E-state index is 0.0702. The first-order chi connectivity index (χ1) is 13.6. The molecule has 0 aliphatic heterocycles. The fourth-order valence-electron chi connectivity index (χ4n) is 3.13. The van der Waals surface area contributed by atoms with E-state index < -0.39 is 26.9 Å². The molecule has 2 aromatic rings. The number of anilines is 2. The van der Waals surface area contributed by atoms with Gasteiger partial charge in [0, 0.05) is 17.8 Å². The van der Waals surface area contributed by atoms with Crippen LogP contribution in [0.15, 0.2) is 48.5 Å². The number of sulfonamides is 1. The van der Waals surface area contributed by atoms with Gasteiger partial charge in [-0.15, -0.1) is 0 Å². The molecular formula is C20H25N3O5S. The van der Waals surface area contributed by atoms with Crippen LogP contribution in [0.3, 0.4) is 0 Å². The number of benzene rings is 2. The van der Waals surface area contributed by atoms with Gasteiger partial charge in [0.05, 0.1) is 16.9 Å². The number of non-ortho nitro benzene ring substituents is 1. The number of nitrogens with zero attached hydrogens (tertiary/aromatic N) is 2. The molecule has 0 saturated carbocycles. The maximum atomic E-state index is 13.0. The summed E-state index contributed by atoms with van der Waals surface area (Å²) in [6, 6.07) is 11.5. The highest BCUT2D eigenvalue weighted by atomic mass is 32.2. The molecule has 1 atom stereocenters. The van der Waals surface area contributed by atoms with E-state index in [1.165, 1.54) is 18.2 Å². The van der Waals surface area contributed by atoms with Crippen LogP contribution in [0.1, 0.15) is 38.7 Å². The average molecular weight is 420 g/mol. The third-order valence-corrected chi connectivity index (χ3v) is 5.65. The number of hydrogen-bond acceptors (Lipinski definition) is 5. The average Bonchev–Trinajstić information content (AvgIpc) is 2.65. The van der Waals surface area contributed by atoms with Gasteiger partial charge < -0.3 is 5.32 Å². The first kappa shape index (κ1) is 22.4. The van der Waals surface area contributed by atoms with Gasteiger partial charge in [-0.25, -0.2) is 8.42 Å². The van der Waals surface area contributed by atoms with Gasteiger partial charge in [0.1, 0.15) is 6.04 Å². The Balaban J connectivity index is 2.46. The summed E-state index contributed by atoms with van der Waals surface area (Å²) in [7, 11) is -3.89. The highest BCUT2D eigenvalue weighted by molar-refractivity contribution is 7.92. The van der Waals surface area contributed by atoms with Crippen LogP contribution >= 0.6 is 0 Å². The zero-order valence-corrected chi connectivity index (χ0v) is 17.6. The van der Waals surface area contributed by atoms with E-state index in [2.05, 4.69) is 5.32 Å². The standard InChI is InChI=1S/C20H25N3O5S/c1-5-19(20(24)21-18-12-7-6-11-17(18)14(2)3)22(29(4,27)28)15-9-8-10-16(13-15)23(25)26/h6-14,19H,5H2,1-4H3,(H,21,24). The predicted molar refractivity (Wildman–Crippen MR) is 114 cm³/mol. The van der Waals surface area contributed by atoms with E-state index in [1.807, 2.05) is 26.0 Å². The summed E-state index contributed by atoms with van der Waals surface area (Å²) in [4.78, 5) is 23.5. The van der Waals surface area contributed by atoms with Crippen LogP contribution in [0.4, 0.5) is 17.1 Å². The predicted octanol–water partition coefficient (Wildman–Crippen LogP) is 3.90. The monoisotopic (exact) mass is 419 g/mol. The van der Waals surface area contributed by atoms with Gasteiger partial charge in [0.2, 0.25) is 15.9 Å². The number of para-hydroxylation sites is 1. The van der Waals surface area contributed by atoms with Gasteiger partial charge in [-0.1, -0.05) is 45.0 Å². The Kier molecular flexibility index (Phi) is 6.97. The van der Waals surface area contributed by atoms with Crippen LogP contribution in [0.5, 0.6) is 0 Å². The summed E-state index contributed by atoms with van der Waals surface area (Å²) in [6.45, 7) is 5.68. The number of hydrogen-bond donors (Lipinski definition) is 1. The van der Waals surface area contributed by atoms with Crippen molar-refractivity contribution in [3.8, 4) is 0 Å². The van der Waals surface area contributed by atoms with Crippen molar-refractivity contribution < 1.29 is 18.1 Å². The second-order valence-electron chi connectivity index (χ2n) is 6.99. The van der Waals surface area contributed by atoms with Crippen LogP contribution in [0, 0.1) is 10.1 Å². The maximum Gasteiger partial charge on any atom is 0.271 e. The Labute approximate surface area is 170 Å². The molecule has 156 valence electrons. The maximum absolute atomic E-state index is 13.0. The lowest BCUT2D eigenvalue weighted by Crippen LogP contribution is -2.47. The third-order valence-electron chi connectivity index (χ3n) is 4.47. The largest absolute Gasteiger partial charge is 0.324 e. The van der Waals surface area contributed by atoms with E-state index in [-0.39, 0.29) is 23.7 Å². The van der Waals surface area contributed by atoms with Crippen molar-refractivity contribution in [1.29, 1.82) is 0 Å². The lowest BCUT2D eigenvalue weighted by Gasteiger charge is -2.30. The summed E-state index contributed by atoms with van der Waals surface area (Å²) in [5, 5.41) is 13.9. The van der Waals surface area contributed by atoms with Crippen LogP contribution in [0.25, 0.3) is 0 Å². The molecule has 0 fully saturated rings. The van der Waals surface area contributed by atoms with Gasteiger partial charge in [0.25, 0.3) is 5.69 Å². The van der Waals surface area contributed by atoms with E-state index in [9.17, 15) is 23.3 Å². The fraction of sp³-hybridized carbons (Fsp3) is 0.350. The Morgan fingerprint density at radius 3 is 2.38 bits per heavy atom. The summed E-state index contributed by atoms with van der Waals surface area (Å²) in [5.74, 6) is -0.341. The Morgan fingerprint density at radius 1 is 1.17 bits per heavy atom. The van der Waals surface area contributed by atoms with Crippen molar-refractivity contribution in [1.82, 2.24) is 0 Å². The molecule has 1 N–H and O–H groups in total. The topological polar surface area (TPSA) is 110 Å². The zero-order chi connectivity index (χ0) is 21.8. The highest BCUT2D eigenvalue weighted by Crippen LogP contribution is 2.28. The Hall–Kier alpha value is -2.94. The van der Waals surface area contributed by atoms with Crippen LogP contribution in [0.2, 0.25) is 0 Å². The number of amides is 1. The van der Waals surface area contributed by atoms with Crippen molar-refractivity contribution in [2.24, 2.45) is 0 Å². The van der Waals surface area contributed by atoms with Gasteiger partial charge in [-0.2, -0.15) is 0 Å². The number of nitro benzene ring substituents is 1. The third kappa shape index (κ3) is 5.32. The summed E-state index contributed by atoms with van der Waals surface area (Å²) >= 11 is 0. The zero-order valence-electron chi connectivity index (χ0n) is 16.8. The lowest BCUT2D eigenvalue weighted by molar-refractivity contribution is -0.384. The minimum Gasteiger partial charge on any atom is -0.324 e. The van der Waals surface area contributed by atoms with E-state index in [1.54, 1.807) is 19.1 Å². The smallest absolute Gasteiger partial charge is 0.271 e. The van der Waals surface area contributed by atoms with Crippen molar-refractivity contribution >= 4 is 33.0 Å². The second-order valence-corrected chi connectivity index (χ2v) is 8.85. The molecule has 8 nitrogen and oxygen atoms in total. The lowest BCUT2D eigenvalue weighted by atomic mass is 10.0.